The highest BCUT2D eigenvalue weighted by Crippen LogP contribution is 2.23. The van der Waals surface area contributed by atoms with Gasteiger partial charge in [0.2, 0.25) is 0 Å². The van der Waals surface area contributed by atoms with Crippen molar-refractivity contribution in [3.63, 3.8) is 0 Å². The molecule has 0 atom stereocenters. The molecule has 1 amide bonds. The Balaban J connectivity index is 1.54. The molecule has 0 bridgehead atoms. The number of rotatable bonds is 2. The number of para-hydroxylation sites is 1. The number of pyridine rings is 1. The maximum absolute atomic E-state index is 12.3. The number of carbonyl (C=O) groups is 1. The molecule has 6 nitrogen and oxygen atoms in total. The van der Waals surface area contributed by atoms with Gasteiger partial charge < -0.3 is 14.2 Å². The van der Waals surface area contributed by atoms with E-state index in [9.17, 15) is 10.1 Å². The minimum absolute atomic E-state index is 0.0890. The largest absolute Gasteiger partial charge is 0.459 e. The lowest BCUT2D eigenvalue weighted by molar-refractivity contribution is 0.0714. The van der Waals surface area contributed by atoms with E-state index in [0.717, 1.165) is 16.7 Å². The summed E-state index contributed by atoms with van der Waals surface area (Å²) in [6.45, 7) is 2.52. The molecule has 1 aliphatic heterocycles. The smallest absolute Gasteiger partial charge is 0.289 e. The summed E-state index contributed by atoms with van der Waals surface area (Å²) in [5.74, 6) is 1.05. The van der Waals surface area contributed by atoms with Gasteiger partial charge in [0.1, 0.15) is 5.82 Å². The van der Waals surface area contributed by atoms with E-state index in [-0.39, 0.29) is 5.91 Å². The highest BCUT2D eigenvalue weighted by Gasteiger charge is 2.24. The van der Waals surface area contributed by atoms with Gasteiger partial charge in [-0.3, -0.25) is 4.79 Å². The van der Waals surface area contributed by atoms with Crippen molar-refractivity contribution >= 4 is 22.6 Å². The van der Waals surface area contributed by atoms with Crippen molar-refractivity contribution in [2.24, 2.45) is 0 Å². The SMILES string of the molecule is N#Cc1cc(N2CCN(C(=O)c3ccco3)CC2)nc2ccccc12. The number of carbonyl (C=O) groups excluding carboxylic acids is 1. The molecule has 4 rings (SSSR count). The quantitative estimate of drug-likeness (QED) is 0.721. The fraction of sp³-hybridized carbons (Fsp3) is 0.211. The molecule has 1 fully saturated rings. The van der Waals surface area contributed by atoms with Crippen molar-refractivity contribution in [3.8, 4) is 6.07 Å². The summed E-state index contributed by atoms with van der Waals surface area (Å²) in [5.41, 5.74) is 1.43. The van der Waals surface area contributed by atoms with Crippen LogP contribution in [0.1, 0.15) is 16.1 Å². The standard InChI is InChI=1S/C19H16N4O2/c20-13-14-12-18(21-16-5-2-1-4-15(14)16)22-7-9-23(10-8-22)19(24)17-6-3-11-25-17/h1-6,11-12H,7-10H2. The molecule has 3 aromatic rings. The van der Waals surface area contributed by atoms with Crippen molar-refractivity contribution in [1.82, 2.24) is 9.88 Å². The van der Waals surface area contributed by atoms with Crippen LogP contribution in [0.25, 0.3) is 10.9 Å². The first kappa shape index (κ1) is 15.2. The van der Waals surface area contributed by atoms with Crippen LogP contribution in [-0.2, 0) is 0 Å². The van der Waals surface area contributed by atoms with Crippen LogP contribution in [-0.4, -0.2) is 42.0 Å². The van der Waals surface area contributed by atoms with Crippen LogP contribution >= 0.6 is 0 Å². The van der Waals surface area contributed by atoms with Crippen LogP contribution in [0.2, 0.25) is 0 Å². The lowest BCUT2D eigenvalue weighted by Crippen LogP contribution is -2.49. The molecule has 6 heteroatoms. The van der Waals surface area contributed by atoms with Gasteiger partial charge in [-0.1, -0.05) is 18.2 Å². The zero-order chi connectivity index (χ0) is 17.2. The Morgan fingerprint density at radius 2 is 1.92 bits per heavy atom. The number of benzene rings is 1. The number of aromatic nitrogens is 1. The van der Waals surface area contributed by atoms with Crippen molar-refractivity contribution in [3.05, 3.63) is 60.1 Å². The number of furan rings is 1. The molecule has 0 N–H and O–H groups in total. The summed E-state index contributed by atoms with van der Waals surface area (Å²) in [6, 6.07) is 15.1. The summed E-state index contributed by atoms with van der Waals surface area (Å²) in [7, 11) is 0. The zero-order valence-corrected chi connectivity index (χ0v) is 13.6. The van der Waals surface area contributed by atoms with Gasteiger partial charge in [-0.05, 0) is 24.3 Å². The Bertz CT molecular complexity index is 951. The van der Waals surface area contributed by atoms with Crippen molar-refractivity contribution in [2.45, 2.75) is 0 Å². The highest BCUT2D eigenvalue weighted by atomic mass is 16.3. The minimum atomic E-state index is -0.0890. The van der Waals surface area contributed by atoms with Gasteiger partial charge in [-0.2, -0.15) is 5.26 Å². The van der Waals surface area contributed by atoms with Gasteiger partial charge in [0, 0.05) is 31.6 Å². The van der Waals surface area contributed by atoms with Crippen LogP contribution in [0.4, 0.5) is 5.82 Å². The first-order chi connectivity index (χ1) is 12.3. The third-order valence-electron chi connectivity index (χ3n) is 4.45. The summed E-state index contributed by atoms with van der Waals surface area (Å²) in [4.78, 5) is 20.9. The molecular weight excluding hydrogens is 316 g/mol. The van der Waals surface area contributed by atoms with E-state index in [4.69, 9.17) is 4.42 Å². The molecular formula is C19H16N4O2. The normalized spacial score (nSPS) is 14.5. The molecule has 0 radical (unpaired) electrons. The highest BCUT2D eigenvalue weighted by molar-refractivity contribution is 5.91. The first-order valence-electron chi connectivity index (χ1n) is 8.14. The fourth-order valence-electron chi connectivity index (χ4n) is 3.11. The molecule has 0 spiro atoms. The predicted octanol–water partition coefficient (Wildman–Crippen LogP) is 2.66. The molecule has 25 heavy (non-hydrogen) atoms. The second-order valence-corrected chi connectivity index (χ2v) is 5.91. The van der Waals surface area contributed by atoms with E-state index in [1.54, 1.807) is 17.0 Å². The number of anilines is 1. The lowest BCUT2D eigenvalue weighted by Gasteiger charge is -2.35. The van der Waals surface area contributed by atoms with Crippen LogP contribution in [0.5, 0.6) is 0 Å². The third kappa shape index (κ3) is 2.81. The molecule has 1 aromatic carbocycles. The Labute approximate surface area is 144 Å². The summed E-state index contributed by atoms with van der Waals surface area (Å²) in [6.07, 6.45) is 1.51. The molecule has 1 aliphatic rings. The molecule has 0 aliphatic carbocycles. The number of fused-ring (bicyclic) bond motifs is 1. The molecule has 2 aromatic heterocycles. The average molecular weight is 332 g/mol. The molecule has 124 valence electrons. The van der Waals surface area contributed by atoms with E-state index in [0.29, 0.717) is 37.5 Å². The van der Waals surface area contributed by atoms with Crippen LogP contribution < -0.4 is 4.90 Å². The number of hydrogen-bond acceptors (Lipinski definition) is 5. The Morgan fingerprint density at radius 3 is 2.64 bits per heavy atom. The molecule has 1 saturated heterocycles. The van der Waals surface area contributed by atoms with Gasteiger partial charge >= 0.3 is 0 Å². The second kappa shape index (κ2) is 6.29. The maximum Gasteiger partial charge on any atom is 0.289 e. The Hall–Kier alpha value is -3.33. The van der Waals surface area contributed by atoms with E-state index >= 15 is 0 Å². The van der Waals surface area contributed by atoms with Gasteiger partial charge in [0.25, 0.3) is 5.91 Å². The van der Waals surface area contributed by atoms with E-state index < -0.39 is 0 Å². The van der Waals surface area contributed by atoms with Crippen molar-refractivity contribution in [1.29, 1.82) is 5.26 Å². The van der Waals surface area contributed by atoms with Gasteiger partial charge in [-0.15, -0.1) is 0 Å². The molecule has 3 heterocycles. The number of amides is 1. The zero-order valence-electron chi connectivity index (χ0n) is 13.6. The van der Waals surface area contributed by atoms with Crippen LogP contribution in [0.3, 0.4) is 0 Å². The number of hydrogen-bond donors (Lipinski definition) is 0. The second-order valence-electron chi connectivity index (χ2n) is 5.91. The Kier molecular flexibility index (Phi) is 3.82. The van der Waals surface area contributed by atoms with E-state index in [2.05, 4.69) is 16.0 Å². The first-order valence-corrected chi connectivity index (χ1v) is 8.14. The summed E-state index contributed by atoms with van der Waals surface area (Å²) < 4.78 is 5.19. The lowest BCUT2D eigenvalue weighted by atomic mass is 10.1. The van der Waals surface area contributed by atoms with Crippen LogP contribution in [0.15, 0.2) is 53.1 Å². The van der Waals surface area contributed by atoms with Gasteiger partial charge in [-0.25, -0.2) is 4.98 Å². The fourth-order valence-corrected chi connectivity index (χ4v) is 3.11. The minimum Gasteiger partial charge on any atom is -0.459 e. The number of piperazine rings is 1. The predicted molar refractivity (Wildman–Crippen MR) is 93.3 cm³/mol. The summed E-state index contributed by atoms with van der Waals surface area (Å²) >= 11 is 0. The topological polar surface area (TPSA) is 73.4 Å². The van der Waals surface area contributed by atoms with Gasteiger partial charge in [0.05, 0.1) is 23.4 Å². The molecule has 0 unspecified atom stereocenters. The summed E-state index contributed by atoms with van der Waals surface area (Å²) in [5, 5.41) is 10.3. The monoisotopic (exact) mass is 332 g/mol. The average Bonchev–Trinajstić information content (AvgIpc) is 3.21. The molecule has 0 saturated carbocycles. The van der Waals surface area contributed by atoms with E-state index in [1.807, 2.05) is 30.3 Å². The van der Waals surface area contributed by atoms with Crippen LogP contribution in [0, 0.1) is 11.3 Å². The Morgan fingerprint density at radius 1 is 1.12 bits per heavy atom. The van der Waals surface area contributed by atoms with Gasteiger partial charge in [0.15, 0.2) is 5.76 Å². The van der Waals surface area contributed by atoms with Crippen molar-refractivity contribution in [2.75, 3.05) is 31.1 Å². The number of nitrogens with zero attached hydrogens (tertiary/aromatic N) is 4. The maximum atomic E-state index is 12.3. The number of nitriles is 1. The third-order valence-corrected chi connectivity index (χ3v) is 4.45. The van der Waals surface area contributed by atoms with E-state index in [1.165, 1.54) is 6.26 Å². The van der Waals surface area contributed by atoms with Crippen molar-refractivity contribution < 1.29 is 9.21 Å².